The third kappa shape index (κ3) is 4.25. The molecule has 2 N–H and O–H groups in total. The summed E-state index contributed by atoms with van der Waals surface area (Å²) in [6.45, 7) is 2.51. The van der Waals surface area contributed by atoms with E-state index in [1.807, 2.05) is 43.3 Å². The number of hydrogen-bond donors (Lipinski definition) is 2. The maximum atomic E-state index is 11.9. The number of hydrogen-bond acceptors (Lipinski definition) is 6. The lowest BCUT2D eigenvalue weighted by Crippen LogP contribution is -2.21. The van der Waals surface area contributed by atoms with E-state index in [1.165, 1.54) is 0 Å². The minimum atomic E-state index is -0.115. The van der Waals surface area contributed by atoms with Crippen LogP contribution in [0.2, 0.25) is 0 Å². The number of rotatable bonds is 6. The average molecular weight is 404 g/mol. The van der Waals surface area contributed by atoms with Gasteiger partial charge in [0.1, 0.15) is 16.5 Å². The van der Waals surface area contributed by atoms with Crippen molar-refractivity contribution in [2.45, 2.75) is 19.9 Å². The van der Waals surface area contributed by atoms with E-state index in [0.29, 0.717) is 12.4 Å². The second-order valence-electron chi connectivity index (χ2n) is 6.66. The van der Waals surface area contributed by atoms with E-state index in [4.69, 9.17) is 0 Å². The largest absolute Gasteiger partial charge is 0.364 e. The van der Waals surface area contributed by atoms with Gasteiger partial charge in [-0.05, 0) is 24.6 Å². The SMILES string of the molecule is CNC(=O)Cc1nc(NCc2cccc(C)n2)c2c(-c3ccccc3)csc2n1. The summed E-state index contributed by atoms with van der Waals surface area (Å²) in [4.78, 5) is 26.6. The number of fused-ring (bicyclic) bond motifs is 1. The second-order valence-corrected chi connectivity index (χ2v) is 7.52. The maximum absolute atomic E-state index is 11.9. The minimum absolute atomic E-state index is 0.115. The van der Waals surface area contributed by atoms with Crippen LogP contribution in [0.15, 0.2) is 53.9 Å². The molecule has 29 heavy (non-hydrogen) atoms. The molecule has 6 nitrogen and oxygen atoms in total. The predicted molar refractivity (Wildman–Crippen MR) is 117 cm³/mol. The van der Waals surface area contributed by atoms with Crippen molar-refractivity contribution in [3.63, 3.8) is 0 Å². The lowest BCUT2D eigenvalue weighted by Gasteiger charge is -2.11. The quantitative estimate of drug-likeness (QED) is 0.509. The van der Waals surface area contributed by atoms with Gasteiger partial charge in [-0.3, -0.25) is 9.78 Å². The molecule has 1 amide bonds. The van der Waals surface area contributed by atoms with Gasteiger partial charge in [-0.1, -0.05) is 36.4 Å². The number of aryl methyl sites for hydroxylation is 1. The lowest BCUT2D eigenvalue weighted by atomic mass is 10.1. The predicted octanol–water partition coefficient (Wildman–Crippen LogP) is 3.96. The van der Waals surface area contributed by atoms with Crippen LogP contribution in [0.3, 0.4) is 0 Å². The first-order valence-electron chi connectivity index (χ1n) is 9.34. The van der Waals surface area contributed by atoms with Gasteiger partial charge >= 0.3 is 0 Å². The summed E-state index contributed by atoms with van der Waals surface area (Å²) in [5.41, 5.74) is 4.09. The topological polar surface area (TPSA) is 79.8 Å². The van der Waals surface area contributed by atoms with Crippen molar-refractivity contribution in [3.8, 4) is 11.1 Å². The van der Waals surface area contributed by atoms with Crippen LogP contribution in [0.1, 0.15) is 17.2 Å². The normalized spacial score (nSPS) is 10.8. The van der Waals surface area contributed by atoms with Crippen molar-refractivity contribution in [2.24, 2.45) is 0 Å². The highest BCUT2D eigenvalue weighted by Crippen LogP contribution is 2.37. The molecule has 0 saturated heterocycles. The Hall–Kier alpha value is -3.32. The third-order valence-electron chi connectivity index (χ3n) is 4.55. The number of pyridine rings is 1. The Balaban J connectivity index is 1.77. The zero-order valence-corrected chi connectivity index (χ0v) is 17.1. The fourth-order valence-corrected chi connectivity index (χ4v) is 4.09. The molecule has 0 saturated carbocycles. The number of thiophene rings is 1. The molecule has 7 heteroatoms. The maximum Gasteiger partial charge on any atom is 0.227 e. The standard InChI is InChI=1S/C22H21N5OS/c1-14-7-6-10-16(25-14)12-24-21-20-17(15-8-4-3-5-9-15)13-29-22(20)27-18(26-21)11-19(28)23-2/h3-10,13H,11-12H2,1-2H3,(H,23,28)(H,24,26,27). The van der Waals surface area contributed by atoms with Crippen molar-refractivity contribution in [3.05, 3.63) is 71.1 Å². The molecule has 0 aliphatic rings. The monoisotopic (exact) mass is 403 g/mol. The number of amides is 1. The van der Waals surface area contributed by atoms with E-state index in [0.717, 1.165) is 38.5 Å². The van der Waals surface area contributed by atoms with Crippen molar-refractivity contribution >= 4 is 33.3 Å². The Kier molecular flexibility index (Phi) is 5.48. The molecule has 0 aliphatic heterocycles. The Bertz CT molecular complexity index is 1160. The molecule has 0 radical (unpaired) electrons. The first-order chi connectivity index (χ1) is 14.1. The van der Waals surface area contributed by atoms with Gasteiger partial charge in [0.2, 0.25) is 5.91 Å². The Morgan fingerprint density at radius 2 is 1.86 bits per heavy atom. The highest BCUT2D eigenvalue weighted by atomic mass is 32.1. The number of nitrogens with one attached hydrogen (secondary N) is 2. The number of carbonyl (C=O) groups excluding carboxylic acids is 1. The molecule has 0 fully saturated rings. The van der Waals surface area contributed by atoms with Gasteiger partial charge in [0.25, 0.3) is 0 Å². The van der Waals surface area contributed by atoms with Crippen LogP contribution in [0.25, 0.3) is 21.3 Å². The summed E-state index contributed by atoms with van der Waals surface area (Å²) in [7, 11) is 1.61. The molecule has 3 aromatic heterocycles. The first-order valence-corrected chi connectivity index (χ1v) is 10.2. The van der Waals surface area contributed by atoms with Gasteiger partial charge in [0.05, 0.1) is 24.0 Å². The second kappa shape index (κ2) is 8.36. The minimum Gasteiger partial charge on any atom is -0.364 e. The van der Waals surface area contributed by atoms with Crippen LogP contribution >= 0.6 is 11.3 Å². The molecular formula is C22H21N5OS. The molecule has 0 bridgehead atoms. The van der Waals surface area contributed by atoms with E-state index in [9.17, 15) is 4.79 Å². The molecule has 4 rings (SSSR count). The third-order valence-corrected chi connectivity index (χ3v) is 5.42. The van der Waals surface area contributed by atoms with E-state index < -0.39 is 0 Å². The molecule has 0 aliphatic carbocycles. The first kappa shape index (κ1) is 19.0. The highest BCUT2D eigenvalue weighted by molar-refractivity contribution is 7.17. The van der Waals surface area contributed by atoms with Gasteiger partial charge < -0.3 is 10.6 Å². The summed E-state index contributed by atoms with van der Waals surface area (Å²) in [5, 5.41) is 9.11. The number of benzene rings is 1. The van der Waals surface area contributed by atoms with Crippen LogP contribution in [0, 0.1) is 6.92 Å². The number of likely N-dealkylation sites (N-methyl/N-ethyl adjacent to an activating group) is 1. The van der Waals surface area contributed by atoms with Gasteiger partial charge in [-0.2, -0.15) is 0 Å². The summed E-state index contributed by atoms with van der Waals surface area (Å²) >= 11 is 1.56. The van der Waals surface area contributed by atoms with Crippen molar-refractivity contribution < 1.29 is 4.79 Å². The molecule has 1 aromatic carbocycles. The molecular weight excluding hydrogens is 382 g/mol. The fourth-order valence-electron chi connectivity index (χ4n) is 3.13. The molecule has 146 valence electrons. The molecule has 0 unspecified atom stereocenters. The van der Waals surface area contributed by atoms with Crippen molar-refractivity contribution in [1.82, 2.24) is 20.3 Å². The van der Waals surface area contributed by atoms with Crippen LogP contribution in [0.4, 0.5) is 5.82 Å². The smallest absolute Gasteiger partial charge is 0.227 e. The Morgan fingerprint density at radius 1 is 1.03 bits per heavy atom. The van der Waals surface area contributed by atoms with Crippen molar-refractivity contribution in [1.29, 1.82) is 0 Å². The average Bonchev–Trinajstić information content (AvgIpc) is 3.17. The van der Waals surface area contributed by atoms with E-state index in [-0.39, 0.29) is 12.3 Å². The van der Waals surface area contributed by atoms with E-state index in [2.05, 4.69) is 43.1 Å². The number of anilines is 1. The zero-order valence-electron chi connectivity index (χ0n) is 16.3. The highest BCUT2D eigenvalue weighted by Gasteiger charge is 2.16. The Morgan fingerprint density at radius 3 is 2.62 bits per heavy atom. The van der Waals surface area contributed by atoms with Crippen LogP contribution in [-0.2, 0) is 17.8 Å². The van der Waals surface area contributed by atoms with Gasteiger partial charge in [0.15, 0.2) is 0 Å². The summed E-state index contributed by atoms with van der Waals surface area (Å²) in [6, 6.07) is 16.1. The van der Waals surface area contributed by atoms with Crippen LogP contribution in [0.5, 0.6) is 0 Å². The molecule has 0 atom stereocenters. The lowest BCUT2D eigenvalue weighted by molar-refractivity contribution is -0.120. The molecule has 0 spiro atoms. The van der Waals surface area contributed by atoms with Crippen LogP contribution in [-0.4, -0.2) is 27.9 Å². The van der Waals surface area contributed by atoms with E-state index >= 15 is 0 Å². The van der Waals surface area contributed by atoms with Gasteiger partial charge in [0, 0.05) is 23.7 Å². The number of aromatic nitrogens is 3. The zero-order chi connectivity index (χ0) is 20.2. The summed E-state index contributed by atoms with van der Waals surface area (Å²) in [6.07, 6.45) is 0.141. The van der Waals surface area contributed by atoms with Crippen LogP contribution < -0.4 is 10.6 Å². The van der Waals surface area contributed by atoms with E-state index in [1.54, 1.807) is 18.4 Å². The molecule has 4 aromatic rings. The number of nitrogens with zero attached hydrogens (tertiary/aromatic N) is 3. The molecule has 3 heterocycles. The summed E-state index contributed by atoms with van der Waals surface area (Å²) in [5.74, 6) is 1.10. The van der Waals surface area contributed by atoms with Crippen molar-refractivity contribution in [2.75, 3.05) is 12.4 Å². The fraction of sp³-hybridized carbons (Fsp3) is 0.182. The van der Waals surface area contributed by atoms with Gasteiger partial charge in [-0.25, -0.2) is 9.97 Å². The summed E-state index contributed by atoms with van der Waals surface area (Å²) < 4.78 is 0. The Labute approximate surface area is 173 Å². The number of carbonyl (C=O) groups is 1. The van der Waals surface area contributed by atoms with Gasteiger partial charge in [-0.15, -0.1) is 11.3 Å².